The Labute approximate surface area is 83.2 Å². The highest BCUT2D eigenvalue weighted by molar-refractivity contribution is 5.28. The quantitative estimate of drug-likeness (QED) is 0.715. The molecule has 1 radical (unpaired) electrons. The molecule has 2 nitrogen and oxygen atoms in total. The predicted octanol–water partition coefficient (Wildman–Crippen LogP) is 2.98. The molecule has 14 heavy (non-hydrogen) atoms. The van der Waals surface area contributed by atoms with Crippen LogP contribution in [0.15, 0.2) is 42.6 Å². The lowest BCUT2D eigenvalue weighted by molar-refractivity contribution is 0.480. The molecule has 2 rings (SSSR count). The molecule has 0 bridgehead atoms. The molecule has 0 saturated carbocycles. The molecule has 0 amide bonds. The molecule has 69 valence electrons. The summed E-state index contributed by atoms with van der Waals surface area (Å²) in [7, 11) is 0. The fraction of sp³-hybridized carbons (Fsp3) is 0.0833. The summed E-state index contributed by atoms with van der Waals surface area (Å²) in [5.74, 6) is 1.55. The molecule has 2 heteroatoms. The first kappa shape index (κ1) is 8.75. The molecule has 0 fully saturated rings. The number of hydrogen-bond acceptors (Lipinski definition) is 2. The summed E-state index contributed by atoms with van der Waals surface area (Å²) in [6.07, 6.45) is 1.71. The van der Waals surface area contributed by atoms with E-state index in [2.05, 4.69) is 11.1 Å². The number of benzene rings is 1. The average Bonchev–Trinajstić information content (AvgIpc) is 2.23. The summed E-state index contributed by atoms with van der Waals surface area (Å²) < 4.78 is 5.55. The van der Waals surface area contributed by atoms with E-state index < -0.39 is 0 Å². The van der Waals surface area contributed by atoms with Crippen LogP contribution in [0, 0.1) is 13.0 Å². The fourth-order valence-corrected chi connectivity index (χ4v) is 1.09. The predicted molar refractivity (Wildman–Crippen MR) is 54.3 cm³/mol. The Morgan fingerprint density at radius 1 is 1.07 bits per heavy atom. The number of pyridine rings is 1. The zero-order chi connectivity index (χ0) is 9.80. The third kappa shape index (κ3) is 2.10. The van der Waals surface area contributed by atoms with E-state index in [0.717, 1.165) is 17.2 Å². The molecule has 0 N–H and O–H groups in total. The van der Waals surface area contributed by atoms with Crippen molar-refractivity contribution in [3.8, 4) is 11.5 Å². The molecule has 0 aliphatic carbocycles. The van der Waals surface area contributed by atoms with Crippen molar-refractivity contribution in [1.82, 2.24) is 4.98 Å². The summed E-state index contributed by atoms with van der Waals surface area (Å²) in [5, 5.41) is 0. The van der Waals surface area contributed by atoms with Crippen LogP contribution >= 0.6 is 0 Å². The Kier molecular flexibility index (Phi) is 2.45. The van der Waals surface area contributed by atoms with E-state index in [-0.39, 0.29) is 0 Å². The van der Waals surface area contributed by atoms with E-state index in [9.17, 15) is 0 Å². The lowest BCUT2D eigenvalue weighted by atomic mass is 10.3. The van der Waals surface area contributed by atoms with Gasteiger partial charge >= 0.3 is 0 Å². The van der Waals surface area contributed by atoms with Crippen molar-refractivity contribution in [1.29, 1.82) is 0 Å². The molecule has 0 aliphatic heterocycles. The van der Waals surface area contributed by atoms with Crippen LogP contribution in [0.2, 0.25) is 0 Å². The van der Waals surface area contributed by atoms with Crippen LogP contribution in [0.25, 0.3) is 0 Å². The van der Waals surface area contributed by atoms with Crippen molar-refractivity contribution in [3.05, 3.63) is 54.4 Å². The smallest absolute Gasteiger partial charge is 0.145 e. The van der Waals surface area contributed by atoms with Gasteiger partial charge in [0.2, 0.25) is 0 Å². The Morgan fingerprint density at radius 3 is 2.50 bits per heavy atom. The largest absolute Gasteiger partial charge is 0.456 e. The minimum atomic E-state index is 0.752. The van der Waals surface area contributed by atoms with Gasteiger partial charge in [-0.1, -0.05) is 12.1 Å². The van der Waals surface area contributed by atoms with E-state index >= 15 is 0 Å². The Hall–Kier alpha value is -1.83. The van der Waals surface area contributed by atoms with Crippen molar-refractivity contribution in [2.45, 2.75) is 6.92 Å². The van der Waals surface area contributed by atoms with Crippen molar-refractivity contribution in [2.24, 2.45) is 0 Å². The van der Waals surface area contributed by atoms with Gasteiger partial charge in [0.1, 0.15) is 11.5 Å². The summed E-state index contributed by atoms with van der Waals surface area (Å²) in [4.78, 5) is 4.14. The van der Waals surface area contributed by atoms with Crippen LogP contribution in [0.4, 0.5) is 0 Å². The lowest BCUT2D eigenvalue weighted by Crippen LogP contribution is -1.85. The van der Waals surface area contributed by atoms with Crippen LogP contribution < -0.4 is 4.74 Å². The van der Waals surface area contributed by atoms with Crippen molar-refractivity contribution >= 4 is 0 Å². The molecule has 1 aromatic heterocycles. The van der Waals surface area contributed by atoms with Gasteiger partial charge in [-0.05, 0) is 37.3 Å². The lowest BCUT2D eigenvalue weighted by Gasteiger charge is -2.04. The minimum Gasteiger partial charge on any atom is -0.456 e. The molecule has 0 aliphatic rings. The summed E-state index contributed by atoms with van der Waals surface area (Å²) in [6.45, 7) is 1.95. The van der Waals surface area contributed by atoms with Gasteiger partial charge < -0.3 is 4.74 Å². The SMILES string of the molecule is Cc1ccc(Oc2cc[c]cc2)cn1. The van der Waals surface area contributed by atoms with Gasteiger partial charge in [-0.15, -0.1) is 0 Å². The third-order valence-corrected chi connectivity index (χ3v) is 1.81. The number of nitrogens with zero attached hydrogens (tertiary/aromatic N) is 1. The van der Waals surface area contributed by atoms with Crippen LogP contribution in [-0.4, -0.2) is 4.98 Å². The average molecular weight is 184 g/mol. The van der Waals surface area contributed by atoms with E-state index in [1.807, 2.05) is 43.3 Å². The van der Waals surface area contributed by atoms with Crippen LogP contribution in [0.3, 0.4) is 0 Å². The molecule has 0 saturated heterocycles. The minimum absolute atomic E-state index is 0.752. The highest BCUT2D eigenvalue weighted by atomic mass is 16.5. The summed E-state index contributed by atoms with van der Waals surface area (Å²) in [5.41, 5.74) is 0.985. The van der Waals surface area contributed by atoms with Crippen molar-refractivity contribution < 1.29 is 4.74 Å². The fourth-order valence-electron chi connectivity index (χ4n) is 1.09. The third-order valence-electron chi connectivity index (χ3n) is 1.81. The van der Waals surface area contributed by atoms with Gasteiger partial charge in [0.05, 0.1) is 6.20 Å². The van der Waals surface area contributed by atoms with Gasteiger partial charge in [-0.25, -0.2) is 0 Å². The topological polar surface area (TPSA) is 22.1 Å². The van der Waals surface area contributed by atoms with Crippen LogP contribution in [0.1, 0.15) is 5.69 Å². The number of aryl methyl sites for hydroxylation is 1. The second kappa shape index (κ2) is 3.92. The first-order chi connectivity index (χ1) is 6.84. The van der Waals surface area contributed by atoms with E-state index in [1.54, 1.807) is 6.20 Å². The molecular formula is C12H10NO. The maximum atomic E-state index is 5.55. The second-order valence-electron chi connectivity index (χ2n) is 2.97. The normalized spacial score (nSPS) is 9.79. The molecule has 2 aromatic rings. The standard InChI is InChI=1S/C12H10NO/c1-10-7-8-12(9-13-10)14-11-5-3-2-4-6-11/h3-9H,1H3. The molecule has 1 aromatic carbocycles. The van der Waals surface area contributed by atoms with Crippen LogP contribution in [-0.2, 0) is 0 Å². The van der Waals surface area contributed by atoms with Gasteiger partial charge in [-0.2, -0.15) is 0 Å². The maximum absolute atomic E-state index is 5.55. The Balaban J connectivity index is 2.16. The van der Waals surface area contributed by atoms with Crippen molar-refractivity contribution in [2.75, 3.05) is 0 Å². The maximum Gasteiger partial charge on any atom is 0.145 e. The van der Waals surface area contributed by atoms with Crippen LogP contribution in [0.5, 0.6) is 11.5 Å². The highest BCUT2D eigenvalue weighted by Crippen LogP contribution is 2.19. The highest BCUT2D eigenvalue weighted by Gasteiger charge is 1.95. The number of rotatable bonds is 2. The Bertz CT molecular complexity index is 394. The number of aromatic nitrogens is 1. The Morgan fingerprint density at radius 2 is 1.86 bits per heavy atom. The van der Waals surface area contributed by atoms with Crippen molar-refractivity contribution in [3.63, 3.8) is 0 Å². The van der Waals surface area contributed by atoms with Gasteiger partial charge in [0, 0.05) is 5.69 Å². The zero-order valence-corrected chi connectivity index (χ0v) is 7.90. The summed E-state index contributed by atoms with van der Waals surface area (Å²) >= 11 is 0. The monoisotopic (exact) mass is 184 g/mol. The number of hydrogen-bond donors (Lipinski definition) is 0. The zero-order valence-electron chi connectivity index (χ0n) is 7.90. The van der Waals surface area contributed by atoms with Gasteiger partial charge in [0.25, 0.3) is 0 Å². The van der Waals surface area contributed by atoms with E-state index in [0.29, 0.717) is 0 Å². The second-order valence-corrected chi connectivity index (χ2v) is 2.97. The molecule has 1 heterocycles. The first-order valence-corrected chi connectivity index (χ1v) is 4.41. The number of ether oxygens (including phenoxy) is 1. The van der Waals surface area contributed by atoms with Gasteiger partial charge in [-0.3, -0.25) is 4.98 Å². The molecule has 0 atom stereocenters. The van der Waals surface area contributed by atoms with Gasteiger partial charge in [0.15, 0.2) is 0 Å². The molecular weight excluding hydrogens is 174 g/mol. The van der Waals surface area contributed by atoms with E-state index in [4.69, 9.17) is 4.74 Å². The first-order valence-electron chi connectivity index (χ1n) is 4.41. The molecule has 0 spiro atoms. The molecule has 0 unspecified atom stereocenters. The van der Waals surface area contributed by atoms with E-state index in [1.165, 1.54) is 0 Å². The summed E-state index contributed by atoms with van der Waals surface area (Å²) in [6, 6.07) is 14.1.